The van der Waals surface area contributed by atoms with Crippen molar-refractivity contribution in [2.45, 2.75) is 34.1 Å². The maximum Gasteiger partial charge on any atom is 0.124 e. The van der Waals surface area contributed by atoms with E-state index in [-0.39, 0.29) is 0 Å². The zero-order valence-corrected chi connectivity index (χ0v) is 8.77. The van der Waals surface area contributed by atoms with Crippen molar-refractivity contribution in [1.29, 1.82) is 0 Å². The fourth-order valence-corrected chi connectivity index (χ4v) is 1.60. The van der Waals surface area contributed by atoms with E-state index in [0.717, 1.165) is 11.8 Å². The first-order valence-electron chi connectivity index (χ1n) is 4.57. The van der Waals surface area contributed by atoms with E-state index < -0.39 is 0 Å². The zero-order chi connectivity index (χ0) is 10.0. The lowest BCUT2D eigenvalue weighted by molar-refractivity contribution is -0.107. The van der Waals surface area contributed by atoms with Gasteiger partial charge in [0, 0.05) is 6.42 Å². The molecule has 0 unspecified atom stereocenters. The van der Waals surface area contributed by atoms with Gasteiger partial charge in [-0.1, -0.05) is 6.07 Å². The second-order valence-electron chi connectivity index (χ2n) is 3.60. The number of hydrogen-bond donors (Lipinski definition) is 0. The normalized spacial score (nSPS) is 10.2. The van der Waals surface area contributed by atoms with Gasteiger partial charge in [-0.3, -0.25) is 0 Å². The van der Waals surface area contributed by atoms with Gasteiger partial charge < -0.3 is 4.79 Å². The number of carbonyl (C=O) groups excluding carboxylic acids is 1. The van der Waals surface area contributed by atoms with E-state index in [9.17, 15) is 4.79 Å². The van der Waals surface area contributed by atoms with Gasteiger partial charge in [-0.2, -0.15) is 0 Å². The number of aryl methyl sites for hydroxylation is 1. The van der Waals surface area contributed by atoms with Crippen LogP contribution in [0.25, 0.3) is 0 Å². The van der Waals surface area contributed by atoms with Crippen molar-refractivity contribution in [3.8, 4) is 0 Å². The fraction of sp³-hybridized carbons (Fsp3) is 0.417. The van der Waals surface area contributed by atoms with Crippen LogP contribution in [0.15, 0.2) is 6.07 Å². The highest BCUT2D eigenvalue weighted by Gasteiger charge is 2.05. The smallest absolute Gasteiger partial charge is 0.124 e. The van der Waals surface area contributed by atoms with Gasteiger partial charge in [0.2, 0.25) is 0 Å². The van der Waals surface area contributed by atoms with E-state index in [0.29, 0.717) is 6.42 Å². The Hall–Kier alpha value is -1.11. The fourth-order valence-electron chi connectivity index (χ4n) is 1.60. The largest absolute Gasteiger partial charge is 0.303 e. The van der Waals surface area contributed by atoms with Crippen molar-refractivity contribution >= 4 is 6.29 Å². The Bertz CT molecular complexity index is 337. The van der Waals surface area contributed by atoms with Gasteiger partial charge in [0.1, 0.15) is 6.29 Å². The summed E-state index contributed by atoms with van der Waals surface area (Å²) in [5.74, 6) is 0. The molecule has 0 aliphatic rings. The Balaban J connectivity index is 3.31. The van der Waals surface area contributed by atoms with Crippen LogP contribution in [0.1, 0.15) is 27.8 Å². The van der Waals surface area contributed by atoms with Crippen molar-refractivity contribution in [3.63, 3.8) is 0 Å². The third-order valence-electron chi connectivity index (χ3n) is 2.89. The Kier molecular flexibility index (Phi) is 2.86. The van der Waals surface area contributed by atoms with Gasteiger partial charge in [-0.25, -0.2) is 0 Å². The van der Waals surface area contributed by atoms with E-state index in [4.69, 9.17) is 0 Å². The summed E-state index contributed by atoms with van der Waals surface area (Å²) in [5.41, 5.74) is 6.36. The quantitative estimate of drug-likeness (QED) is 0.633. The van der Waals surface area contributed by atoms with Crippen LogP contribution < -0.4 is 0 Å². The van der Waals surface area contributed by atoms with Crippen molar-refractivity contribution in [2.24, 2.45) is 0 Å². The minimum Gasteiger partial charge on any atom is -0.303 e. The first kappa shape index (κ1) is 9.97. The van der Waals surface area contributed by atoms with Crippen LogP contribution in [-0.2, 0) is 11.2 Å². The molecule has 1 heteroatoms. The predicted molar refractivity (Wildman–Crippen MR) is 55.2 cm³/mol. The number of rotatable bonds is 2. The molecule has 0 saturated heterocycles. The molecule has 0 aliphatic heterocycles. The first-order valence-corrected chi connectivity index (χ1v) is 4.57. The van der Waals surface area contributed by atoms with E-state index in [2.05, 4.69) is 33.8 Å². The molecule has 0 heterocycles. The third kappa shape index (κ3) is 1.80. The van der Waals surface area contributed by atoms with Crippen LogP contribution in [0, 0.1) is 27.7 Å². The lowest BCUT2D eigenvalue weighted by atomic mass is 9.93. The monoisotopic (exact) mass is 176 g/mol. The molecule has 70 valence electrons. The lowest BCUT2D eigenvalue weighted by Gasteiger charge is -2.12. The number of aldehydes is 1. The van der Waals surface area contributed by atoms with Crippen LogP contribution in [0.5, 0.6) is 0 Å². The molecule has 0 spiro atoms. The van der Waals surface area contributed by atoms with Gasteiger partial charge >= 0.3 is 0 Å². The molecule has 13 heavy (non-hydrogen) atoms. The SMILES string of the molecule is Cc1cc(CC=O)c(C)c(C)c1C. The van der Waals surface area contributed by atoms with Crippen LogP contribution in [-0.4, -0.2) is 6.29 Å². The lowest BCUT2D eigenvalue weighted by Crippen LogP contribution is -1.98. The molecule has 0 saturated carbocycles. The van der Waals surface area contributed by atoms with Crippen molar-refractivity contribution < 1.29 is 4.79 Å². The molecule has 0 fully saturated rings. The molecule has 0 amide bonds. The van der Waals surface area contributed by atoms with Gasteiger partial charge in [-0.05, 0) is 55.5 Å². The van der Waals surface area contributed by atoms with E-state index >= 15 is 0 Å². The molecule has 1 rings (SSSR count). The molecule has 1 aromatic rings. The van der Waals surface area contributed by atoms with E-state index in [1.165, 1.54) is 22.3 Å². The molecular weight excluding hydrogens is 160 g/mol. The predicted octanol–water partition coefficient (Wildman–Crippen LogP) is 2.66. The molecule has 0 N–H and O–H groups in total. The molecule has 0 aliphatic carbocycles. The topological polar surface area (TPSA) is 17.1 Å². The summed E-state index contributed by atoms with van der Waals surface area (Å²) in [6.07, 6.45) is 1.50. The van der Waals surface area contributed by atoms with E-state index in [1.807, 2.05) is 0 Å². The zero-order valence-electron chi connectivity index (χ0n) is 8.77. The summed E-state index contributed by atoms with van der Waals surface area (Å²) in [6, 6.07) is 2.12. The average Bonchev–Trinajstić information content (AvgIpc) is 2.11. The standard InChI is InChI=1S/C12H16O/c1-8-7-12(5-6-13)11(4)10(3)9(8)2/h6-7H,5H2,1-4H3. The molecule has 1 nitrogen and oxygen atoms in total. The van der Waals surface area contributed by atoms with E-state index in [1.54, 1.807) is 0 Å². The Labute approximate surface area is 79.8 Å². The van der Waals surface area contributed by atoms with Gasteiger partial charge in [0.25, 0.3) is 0 Å². The highest BCUT2D eigenvalue weighted by atomic mass is 16.1. The first-order chi connectivity index (χ1) is 6.07. The number of carbonyl (C=O) groups is 1. The molecule has 0 aromatic heterocycles. The Morgan fingerprint density at radius 3 is 2.23 bits per heavy atom. The highest BCUT2D eigenvalue weighted by Crippen LogP contribution is 2.20. The number of benzene rings is 1. The summed E-state index contributed by atoms with van der Waals surface area (Å²) in [4.78, 5) is 10.4. The molecule has 0 bridgehead atoms. The van der Waals surface area contributed by atoms with Crippen molar-refractivity contribution in [3.05, 3.63) is 33.9 Å². The van der Waals surface area contributed by atoms with Gasteiger partial charge in [0.05, 0.1) is 0 Å². The second-order valence-corrected chi connectivity index (χ2v) is 3.60. The highest BCUT2D eigenvalue weighted by molar-refractivity contribution is 5.58. The minimum atomic E-state index is 0.536. The maximum absolute atomic E-state index is 10.4. The summed E-state index contributed by atoms with van der Waals surface area (Å²) in [5, 5.41) is 0. The molecule has 0 atom stereocenters. The van der Waals surface area contributed by atoms with Crippen LogP contribution in [0.3, 0.4) is 0 Å². The van der Waals surface area contributed by atoms with Crippen LogP contribution in [0.2, 0.25) is 0 Å². The summed E-state index contributed by atoms with van der Waals surface area (Å²) >= 11 is 0. The summed E-state index contributed by atoms with van der Waals surface area (Å²) < 4.78 is 0. The van der Waals surface area contributed by atoms with Crippen LogP contribution >= 0.6 is 0 Å². The van der Waals surface area contributed by atoms with Gasteiger partial charge in [0.15, 0.2) is 0 Å². The van der Waals surface area contributed by atoms with Crippen molar-refractivity contribution in [2.75, 3.05) is 0 Å². The third-order valence-corrected chi connectivity index (χ3v) is 2.89. The number of hydrogen-bond acceptors (Lipinski definition) is 1. The Morgan fingerprint density at radius 1 is 1.08 bits per heavy atom. The second kappa shape index (κ2) is 3.73. The molecule has 1 aromatic carbocycles. The Morgan fingerprint density at radius 2 is 1.69 bits per heavy atom. The summed E-state index contributed by atoms with van der Waals surface area (Å²) in [6.45, 7) is 8.42. The van der Waals surface area contributed by atoms with Crippen molar-refractivity contribution in [1.82, 2.24) is 0 Å². The molecule has 0 radical (unpaired) electrons. The minimum absolute atomic E-state index is 0.536. The average molecular weight is 176 g/mol. The van der Waals surface area contributed by atoms with Gasteiger partial charge in [-0.15, -0.1) is 0 Å². The van der Waals surface area contributed by atoms with Crippen LogP contribution in [0.4, 0.5) is 0 Å². The maximum atomic E-state index is 10.4. The molecular formula is C12H16O. The summed E-state index contributed by atoms with van der Waals surface area (Å²) in [7, 11) is 0.